The summed E-state index contributed by atoms with van der Waals surface area (Å²) < 4.78 is 23.7. The first-order chi connectivity index (χ1) is 7.63. The van der Waals surface area contributed by atoms with Gasteiger partial charge in [-0.1, -0.05) is 0 Å². The Labute approximate surface area is 91.3 Å². The van der Waals surface area contributed by atoms with Gasteiger partial charge < -0.3 is 10.6 Å². The molecule has 0 saturated heterocycles. The minimum Gasteiger partial charge on any atom is -0.369 e. The van der Waals surface area contributed by atoms with Gasteiger partial charge in [-0.2, -0.15) is 0 Å². The molecular formula is C9H12F2N4O. The molecule has 0 radical (unpaired) electrons. The highest BCUT2D eigenvalue weighted by molar-refractivity contribution is 5.92. The van der Waals surface area contributed by atoms with Crippen LogP contribution in [0.15, 0.2) is 12.4 Å². The molecule has 0 aliphatic heterocycles. The van der Waals surface area contributed by atoms with Crippen LogP contribution in [-0.2, 0) is 0 Å². The van der Waals surface area contributed by atoms with Gasteiger partial charge in [0.15, 0.2) is 0 Å². The van der Waals surface area contributed by atoms with E-state index in [2.05, 4.69) is 15.3 Å². The molecule has 0 saturated carbocycles. The largest absolute Gasteiger partial charge is 0.369 e. The van der Waals surface area contributed by atoms with Gasteiger partial charge in [-0.3, -0.25) is 9.78 Å². The summed E-state index contributed by atoms with van der Waals surface area (Å²) in [5.41, 5.74) is 0.0131. The average Bonchev–Trinajstić information content (AvgIpc) is 2.26. The van der Waals surface area contributed by atoms with E-state index >= 15 is 0 Å². The van der Waals surface area contributed by atoms with Crippen molar-refractivity contribution in [3.63, 3.8) is 0 Å². The maximum atomic E-state index is 11.8. The second kappa shape index (κ2) is 5.94. The van der Waals surface area contributed by atoms with Crippen LogP contribution in [-0.4, -0.2) is 35.4 Å². The van der Waals surface area contributed by atoms with Gasteiger partial charge in [0, 0.05) is 6.54 Å². The van der Waals surface area contributed by atoms with Gasteiger partial charge in [0.05, 0.1) is 18.9 Å². The fourth-order valence-electron chi connectivity index (χ4n) is 1.00. The summed E-state index contributed by atoms with van der Waals surface area (Å²) in [6, 6.07) is 0. The molecule has 5 nitrogen and oxygen atoms in total. The zero-order valence-electron chi connectivity index (χ0n) is 8.70. The molecule has 88 valence electrons. The van der Waals surface area contributed by atoms with Crippen molar-refractivity contribution >= 4 is 11.7 Å². The number of anilines is 1. The summed E-state index contributed by atoms with van der Waals surface area (Å²) in [5, 5.41) is 4.91. The van der Waals surface area contributed by atoms with Crippen molar-refractivity contribution < 1.29 is 13.6 Å². The van der Waals surface area contributed by atoms with E-state index in [9.17, 15) is 13.6 Å². The standard InChI is InChI=1S/C9H12F2N4O/c1-2-13-8-5-12-3-6(15-8)9(16)14-4-7(10)11/h3,5,7H,2,4H2,1H3,(H,13,15)(H,14,16). The number of carbonyl (C=O) groups excluding carboxylic acids is 1. The van der Waals surface area contributed by atoms with Crippen molar-refractivity contribution in [1.82, 2.24) is 15.3 Å². The lowest BCUT2D eigenvalue weighted by Crippen LogP contribution is -2.29. The molecule has 0 aliphatic rings. The Bertz CT molecular complexity index is 359. The van der Waals surface area contributed by atoms with E-state index < -0.39 is 18.9 Å². The summed E-state index contributed by atoms with van der Waals surface area (Å²) in [4.78, 5) is 19.0. The zero-order chi connectivity index (χ0) is 12.0. The second-order valence-corrected chi connectivity index (χ2v) is 2.92. The predicted octanol–water partition coefficient (Wildman–Crippen LogP) is 0.903. The predicted molar refractivity (Wildman–Crippen MR) is 54.5 cm³/mol. The van der Waals surface area contributed by atoms with Gasteiger partial charge in [-0.15, -0.1) is 0 Å². The highest BCUT2D eigenvalue weighted by Gasteiger charge is 2.10. The molecule has 1 amide bonds. The summed E-state index contributed by atoms with van der Waals surface area (Å²) in [7, 11) is 0. The lowest BCUT2D eigenvalue weighted by molar-refractivity contribution is 0.0886. The van der Waals surface area contributed by atoms with Crippen LogP contribution in [0.25, 0.3) is 0 Å². The molecule has 0 aromatic carbocycles. The van der Waals surface area contributed by atoms with Gasteiger partial charge in [-0.05, 0) is 6.92 Å². The van der Waals surface area contributed by atoms with Crippen LogP contribution in [0.4, 0.5) is 14.6 Å². The number of alkyl halides is 2. The number of amides is 1. The van der Waals surface area contributed by atoms with E-state index in [1.165, 1.54) is 12.4 Å². The topological polar surface area (TPSA) is 66.9 Å². The number of carbonyl (C=O) groups is 1. The van der Waals surface area contributed by atoms with Crippen molar-refractivity contribution in [1.29, 1.82) is 0 Å². The second-order valence-electron chi connectivity index (χ2n) is 2.92. The van der Waals surface area contributed by atoms with Crippen LogP contribution in [0.3, 0.4) is 0 Å². The van der Waals surface area contributed by atoms with Crippen LogP contribution < -0.4 is 10.6 Å². The molecule has 16 heavy (non-hydrogen) atoms. The Kier molecular flexibility index (Phi) is 4.56. The minimum atomic E-state index is -2.58. The van der Waals surface area contributed by atoms with Crippen molar-refractivity contribution in [2.24, 2.45) is 0 Å². The lowest BCUT2D eigenvalue weighted by atomic mass is 10.4. The number of nitrogens with one attached hydrogen (secondary N) is 2. The van der Waals surface area contributed by atoms with Crippen LogP contribution in [0.5, 0.6) is 0 Å². The molecule has 0 unspecified atom stereocenters. The maximum Gasteiger partial charge on any atom is 0.271 e. The maximum absolute atomic E-state index is 11.8. The van der Waals surface area contributed by atoms with Crippen LogP contribution in [0.1, 0.15) is 17.4 Å². The Morgan fingerprint density at radius 1 is 1.50 bits per heavy atom. The first-order valence-electron chi connectivity index (χ1n) is 4.75. The van der Waals surface area contributed by atoms with E-state index in [1.54, 1.807) is 0 Å². The molecule has 0 fully saturated rings. The first kappa shape index (κ1) is 12.3. The van der Waals surface area contributed by atoms with E-state index in [4.69, 9.17) is 0 Å². The molecule has 1 aromatic heterocycles. The number of hydrogen-bond acceptors (Lipinski definition) is 4. The van der Waals surface area contributed by atoms with E-state index in [0.29, 0.717) is 12.4 Å². The molecule has 1 rings (SSSR count). The normalized spacial score (nSPS) is 10.2. The molecule has 0 spiro atoms. The van der Waals surface area contributed by atoms with Crippen molar-refractivity contribution in [2.45, 2.75) is 13.3 Å². The molecule has 7 heteroatoms. The van der Waals surface area contributed by atoms with Crippen molar-refractivity contribution in [3.05, 3.63) is 18.1 Å². The lowest BCUT2D eigenvalue weighted by Gasteiger charge is -2.05. The Morgan fingerprint density at radius 3 is 2.88 bits per heavy atom. The highest BCUT2D eigenvalue weighted by Crippen LogP contribution is 2.01. The number of hydrogen-bond donors (Lipinski definition) is 2. The number of aromatic nitrogens is 2. The Balaban J connectivity index is 2.64. The third-order valence-electron chi connectivity index (χ3n) is 1.64. The summed E-state index contributed by atoms with van der Waals surface area (Å²) in [6.45, 7) is 1.81. The fourth-order valence-corrected chi connectivity index (χ4v) is 1.00. The Morgan fingerprint density at radius 2 is 2.25 bits per heavy atom. The number of rotatable bonds is 5. The number of halogens is 2. The van der Waals surface area contributed by atoms with Gasteiger partial charge in [-0.25, -0.2) is 13.8 Å². The zero-order valence-corrected chi connectivity index (χ0v) is 8.70. The van der Waals surface area contributed by atoms with Crippen LogP contribution >= 0.6 is 0 Å². The molecule has 0 aliphatic carbocycles. The summed E-state index contributed by atoms with van der Waals surface area (Å²) >= 11 is 0. The van der Waals surface area contributed by atoms with Crippen molar-refractivity contribution in [3.8, 4) is 0 Å². The molecule has 0 atom stereocenters. The summed E-state index contributed by atoms with van der Waals surface area (Å²) in [5.74, 6) is -0.222. The van der Waals surface area contributed by atoms with Crippen molar-refractivity contribution in [2.75, 3.05) is 18.4 Å². The summed E-state index contributed by atoms with van der Waals surface area (Å²) in [6.07, 6.45) is 0.100. The van der Waals surface area contributed by atoms with Crippen LogP contribution in [0.2, 0.25) is 0 Å². The minimum absolute atomic E-state index is 0.0131. The molecule has 1 heterocycles. The number of nitrogens with zero attached hydrogens (tertiary/aromatic N) is 2. The van der Waals surface area contributed by atoms with Gasteiger partial charge in [0.25, 0.3) is 12.3 Å². The van der Waals surface area contributed by atoms with Crippen LogP contribution in [0, 0.1) is 0 Å². The molecular weight excluding hydrogens is 218 g/mol. The fraction of sp³-hybridized carbons (Fsp3) is 0.444. The first-order valence-corrected chi connectivity index (χ1v) is 4.75. The SMILES string of the molecule is CCNc1cncc(C(=O)NCC(F)F)n1. The highest BCUT2D eigenvalue weighted by atomic mass is 19.3. The average molecular weight is 230 g/mol. The Hall–Kier alpha value is -1.79. The van der Waals surface area contributed by atoms with Gasteiger partial charge in [0.1, 0.15) is 11.5 Å². The van der Waals surface area contributed by atoms with E-state index in [-0.39, 0.29) is 5.69 Å². The molecule has 2 N–H and O–H groups in total. The molecule has 1 aromatic rings. The molecule has 0 bridgehead atoms. The third kappa shape index (κ3) is 3.76. The van der Waals surface area contributed by atoms with E-state index in [1.807, 2.05) is 12.2 Å². The van der Waals surface area contributed by atoms with E-state index in [0.717, 1.165) is 0 Å². The quantitative estimate of drug-likeness (QED) is 0.788. The third-order valence-corrected chi connectivity index (χ3v) is 1.64. The van der Waals surface area contributed by atoms with Gasteiger partial charge >= 0.3 is 0 Å². The van der Waals surface area contributed by atoms with Gasteiger partial charge in [0.2, 0.25) is 0 Å². The monoisotopic (exact) mass is 230 g/mol. The smallest absolute Gasteiger partial charge is 0.271 e.